The maximum Gasteiger partial charge on any atom is 0.191 e. The molecule has 0 amide bonds. The van der Waals surface area contributed by atoms with E-state index in [9.17, 15) is 0 Å². The third-order valence-corrected chi connectivity index (χ3v) is 3.41. The van der Waals surface area contributed by atoms with Crippen LogP contribution < -0.4 is 15.4 Å². The number of guanidine groups is 1. The molecule has 0 spiro atoms. The van der Waals surface area contributed by atoms with Gasteiger partial charge in [-0.05, 0) is 18.1 Å². The van der Waals surface area contributed by atoms with Crippen LogP contribution in [-0.4, -0.2) is 26.7 Å². The summed E-state index contributed by atoms with van der Waals surface area (Å²) in [4.78, 5) is 4.24. The highest BCUT2D eigenvalue weighted by Gasteiger charge is 2.03. The maximum atomic E-state index is 5.35. The molecule has 2 aromatic rings. The van der Waals surface area contributed by atoms with Crippen molar-refractivity contribution >= 4 is 5.96 Å². The molecule has 2 aromatic carbocycles. The summed E-state index contributed by atoms with van der Waals surface area (Å²) in [6.07, 6.45) is 0.968. The van der Waals surface area contributed by atoms with Crippen molar-refractivity contribution in [3.63, 3.8) is 0 Å². The van der Waals surface area contributed by atoms with E-state index in [0.29, 0.717) is 6.54 Å². The molecule has 2 N–H and O–H groups in total. The number of nitrogens with zero attached hydrogens (tertiary/aromatic N) is 1. The van der Waals surface area contributed by atoms with E-state index in [1.54, 1.807) is 14.2 Å². The summed E-state index contributed by atoms with van der Waals surface area (Å²) in [6.45, 7) is 1.52. The molecular weight excluding hydrogens is 274 g/mol. The Balaban J connectivity index is 1.80. The van der Waals surface area contributed by atoms with Crippen molar-refractivity contribution in [2.24, 2.45) is 4.99 Å². The van der Waals surface area contributed by atoms with Gasteiger partial charge < -0.3 is 15.4 Å². The minimum atomic E-state index is 0.676. The van der Waals surface area contributed by atoms with Gasteiger partial charge in [-0.2, -0.15) is 0 Å². The Morgan fingerprint density at radius 3 is 2.45 bits per heavy atom. The van der Waals surface area contributed by atoms with Crippen LogP contribution in [-0.2, 0) is 13.0 Å². The number of rotatable bonds is 6. The number of benzene rings is 2. The van der Waals surface area contributed by atoms with E-state index < -0.39 is 0 Å². The minimum Gasteiger partial charge on any atom is -0.496 e. The lowest BCUT2D eigenvalue weighted by Gasteiger charge is -2.13. The van der Waals surface area contributed by atoms with Crippen molar-refractivity contribution in [2.45, 2.75) is 13.0 Å². The standard InChI is InChI=1S/C18H23N3O/c1-19-18(20-13-12-15-8-4-3-5-9-15)21-14-16-10-6-7-11-17(16)22-2/h3-11H,12-14H2,1-2H3,(H2,19,20,21). The molecule has 0 atom stereocenters. The average Bonchev–Trinajstić information content (AvgIpc) is 2.59. The van der Waals surface area contributed by atoms with Crippen LogP contribution in [0.1, 0.15) is 11.1 Å². The fourth-order valence-electron chi connectivity index (χ4n) is 2.22. The summed E-state index contributed by atoms with van der Waals surface area (Å²) in [6, 6.07) is 18.4. The largest absolute Gasteiger partial charge is 0.496 e. The molecule has 0 aliphatic rings. The second kappa shape index (κ2) is 8.72. The van der Waals surface area contributed by atoms with E-state index in [1.807, 2.05) is 30.3 Å². The van der Waals surface area contributed by atoms with Gasteiger partial charge in [0.05, 0.1) is 7.11 Å². The molecule has 22 heavy (non-hydrogen) atoms. The zero-order valence-corrected chi connectivity index (χ0v) is 13.2. The van der Waals surface area contributed by atoms with Crippen LogP contribution in [0.3, 0.4) is 0 Å². The van der Waals surface area contributed by atoms with Crippen LogP contribution in [0, 0.1) is 0 Å². The molecule has 0 radical (unpaired) electrons. The van der Waals surface area contributed by atoms with Gasteiger partial charge in [-0.3, -0.25) is 4.99 Å². The number of hydrogen-bond acceptors (Lipinski definition) is 2. The van der Waals surface area contributed by atoms with Gasteiger partial charge in [-0.15, -0.1) is 0 Å². The van der Waals surface area contributed by atoms with Crippen LogP contribution in [0.15, 0.2) is 59.6 Å². The molecular formula is C18H23N3O. The number of aliphatic imine (C=N–C) groups is 1. The molecule has 4 heteroatoms. The lowest BCUT2D eigenvalue weighted by Crippen LogP contribution is -2.37. The third kappa shape index (κ3) is 4.81. The van der Waals surface area contributed by atoms with Gasteiger partial charge in [-0.1, -0.05) is 48.5 Å². The summed E-state index contributed by atoms with van der Waals surface area (Å²) in [5.74, 6) is 1.68. The molecule has 0 aromatic heterocycles. The highest BCUT2D eigenvalue weighted by molar-refractivity contribution is 5.79. The first-order chi connectivity index (χ1) is 10.8. The van der Waals surface area contributed by atoms with Crippen LogP contribution >= 0.6 is 0 Å². The minimum absolute atomic E-state index is 0.676. The van der Waals surface area contributed by atoms with Crippen molar-refractivity contribution < 1.29 is 4.74 Å². The van der Waals surface area contributed by atoms with Crippen molar-refractivity contribution in [2.75, 3.05) is 20.7 Å². The van der Waals surface area contributed by atoms with E-state index in [-0.39, 0.29) is 0 Å². The van der Waals surface area contributed by atoms with Gasteiger partial charge >= 0.3 is 0 Å². The molecule has 0 aliphatic heterocycles. The highest BCUT2D eigenvalue weighted by Crippen LogP contribution is 2.16. The molecule has 0 aliphatic carbocycles. The summed E-state index contributed by atoms with van der Waals surface area (Å²) in [7, 11) is 3.46. The van der Waals surface area contributed by atoms with Crippen LogP contribution in [0.2, 0.25) is 0 Å². The Labute approximate surface area is 132 Å². The van der Waals surface area contributed by atoms with Crippen LogP contribution in [0.4, 0.5) is 0 Å². The van der Waals surface area contributed by atoms with Gasteiger partial charge in [0.15, 0.2) is 5.96 Å². The predicted octanol–water partition coefficient (Wildman–Crippen LogP) is 2.60. The average molecular weight is 297 g/mol. The van der Waals surface area contributed by atoms with Crippen molar-refractivity contribution in [1.82, 2.24) is 10.6 Å². The van der Waals surface area contributed by atoms with Crippen LogP contribution in [0.25, 0.3) is 0 Å². The topological polar surface area (TPSA) is 45.7 Å². The van der Waals surface area contributed by atoms with Gasteiger partial charge in [0.1, 0.15) is 5.75 Å². The smallest absolute Gasteiger partial charge is 0.191 e. The predicted molar refractivity (Wildman–Crippen MR) is 91.3 cm³/mol. The normalized spacial score (nSPS) is 11.1. The number of ether oxygens (including phenoxy) is 1. The van der Waals surface area contributed by atoms with E-state index >= 15 is 0 Å². The van der Waals surface area contributed by atoms with E-state index in [0.717, 1.165) is 30.2 Å². The summed E-state index contributed by atoms with van der Waals surface area (Å²) in [5, 5.41) is 6.63. The molecule has 0 saturated carbocycles. The number of para-hydroxylation sites is 1. The first-order valence-electron chi connectivity index (χ1n) is 7.44. The molecule has 0 unspecified atom stereocenters. The van der Waals surface area contributed by atoms with Crippen LogP contribution in [0.5, 0.6) is 5.75 Å². The van der Waals surface area contributed by atoms with Crippen molar-refractivity contribution in [1.29, 1.82) is 0 Å². The Bertz CT molecular complexity index is 596. The second-order valence-electron chi connectivity index (χ2n) is 4.90. The number of hydrogen-bond donors (Lipinski definition) is 2. The van der Waals surface area contributed by atoms with Gasteiger partial charge in [-0.25, -0.2) is 0 Å². The number of methoxy groups -OCH3 is 1. The molecule has 2 rings (SSSR count). The number of nitrogens with one attached hydrogen (secondary N) is 2. The Kier molecular flexibility index (Phi) is 6.30. The third-order valence-electron chi connectivity index (χ3n) is 3.41. The fraction of sp³-hybridized carbons (Fsp3) is 0.278. The zero-order valence-electron chi connectivity index (χ0n) is 13.2. The van der Waals surface area contributed by atoms with Crippen molar-refractivity contribution in [3.8, 4) is 5.75 Å². The first kappa shape index (κ1) is 15.9. The van der Waals surface area contributed by atoms with E-state index in [1.165, 1.54) is 5.56 Å². The Morgan fingerprint density at radius 2 is 1.73 bits per heavy atom. The molecule has 4 nitrogen and oxygen atoms in total. The van der Waals surface area contributed by atoms with Crippen molar-refractivity contribution in [3.05, 3.63) is 65.7 Å². The summed E-state index contributed by atoms with van der Waals surface area (Å²) >= 11 is 0. The molecule has 0 heterocycles. The Hall–Kier alpha value is -2.49. The quantitative estimate of drug-likeness (QED) is 0.636. The zero-order chi connectivity index (χ0) is 15.6. The summed E-state index contributed by atoms with van der Waals surface area (Å²) < 4.78 is 5.35. The molecule has 116 valence electrons. The van der Waals surface area contributed by atoms with Gasteiger partial charge in [0.2, 0.25) is 0 Å². The Morgan fingerprint density at radius 1 is 1.00 bits per heavy atom. The highest BCUT2D eigenvalue weighted by atomic mass is 16.5. The lowest BCUT2D eigenvalue weighted by atomic mass is 10.1. The lowest BCUT2D eigenvalue weighted by molar-refractivity contribution is 0.409. The van der Waals surface area contributed by atoms with E-state index in [2.05, 4.69) is 39.9 Å². The fourth-order valence-corrected chi connectivity index (χ4v) is 2.22. The molecule has 0 bridgehead atoms. The first-order valence-corrected chi connectivity index (χ1v) is 7.44. The van der Waals surface area contributed by atoms with Gasteiger partial charge in [0, 0.05) is 25.7 Å². The monoisotopic (exact) mass is 297 g/mol. The molecule has 0 saturated heterocycles. The maximum absolute atomic E-state index is 5.35. The van der Waals surface area contributed by atoms with E-state index in [4.69, 9.17) is 4.74 Å². The molecule has 0 fully saturated rings. The second-order valence-corrected chi connectivity index (χ2v) is 4.90. The SMILES string of the molecule is CN=C(NCCc1ccccc1)NCc1ccccc1OC. The van der Waals surface area contributed by atoms with Gasteiger partial charge in [0.25, 0.3) is 0 Å². The summed E-state index contributed by atoms with van der Waals surface area (Å²) in [5.41, 5.74) is 2.42.